The first kappa shape index (κ1) is 32.7. The highest BCUT2D eigenvalue weighted by Gasteiger charge is 2.39. The molecule has 10 heteroatoms. The van der Waals surface area contributed by atoms with Crippen molar-refractivity contribution in [3.63, 3.8) is 0 Å². The zero-order valence-electron chi connectivity index (χ0n) is 24.0. The van der Waals surface area contributed by atoms with E-state index in [4.69, 9.17) is 10.5 Å². The Morgan fingerprint density at radius 3 is 2.00 bits per heavy atom. The Kier molecular flexibility index (Phi) is 12.6. The number of amides is 4. The molecule has 1 aromatic rings. The third-order valence-electron chi connectivity index (χ3n) is 5.73. The zero-order valence-corrected chi connectivity index (χ0v) is 24.0. The van der Waals surface area contributed by atoms with Crippen molar-refractivity contribution in [2.24, 2.45) is 11.7 Å². The Morgan fingerprint density at radius 1 is 0.947 bits per heavy atom. The molecule has 4 amide bonds. The van der Waals surface area contributed by atoms with Crippen LogP contribution in [0.15, 0.2) is 24.3 Å². The number of carbonyl (C=O) groups is 4. The minimum absolute atomic E-state index is 0.0217. The third-order valence-corrected chi connectivity index (χ3v) is 5.73. The first-order valence-electron chi connectivity index (χ1n) is 13.2. The van der Waals surface area contributed by atoms with E-state index >= 15 is 0 Å². The number of phenols is 1. The van der Waals surface area contributed by atoms with Gasteiger partial charge in [-0.05, 0) is 84.4 Å². The third kappa shape index (κ3) is 11.4. The highest BCUT2D eigenvalue weighted by atomic mass is 16.6. The number of ether oxygens (including phenoxy) is 1. The summed E-state index contributed by atoms with van der Waals surface area (Å²) in [4.78, 5) is 53.5. The number of benzene rings is 1. The maximum Gasteiger partial charge on any atom is 0.408 e. The summed E-state index contributed by atoms with van der Waals surface area (Å²) in [5.74, 6) is -1.18. The molecule has 0 saturated heterocycles. The van der Waals surface area contributed by atoms with Crippen molar-refractivity contribution in [1.82, 2.24) is 15.5 Å². The van der Waals surface area contributed by atoms with Crippen molar-refractivity contribution >= 4 is 23.8 Å². The highest BCUT2D eigenvalue weighted by molar-refractivity contribution is 5.92. The van der Waals surface area contributed by atoms with E-state index in [9.17, 15) is 24.3 Å². The van der Waals surface area contributed by atoms with Crippen molar-refractivity contribution in [3.05, 3.63) is 29.8 Å². The molecular formula is C28H46N4O6. The molecule has 0 radical (unpaired) electrons. The predicted octanol–water partition coefficient (Wildman–Crippen LogP) is 3.77. The van der Waals surface area contributed by atoms with Crippen LogP contribution in [0.1, 0.15) is 92.7 Å². The number of nitrogens with zero attached hydrogens (tertiary/aromatic N) is 1. The van der Waals surface area contributed by atoms with Crippen LogP contribution in [0, 0.1) is 5.92 Å². The van der Waals surface area contributed by atoms with E-state index in [1.165, 1.54) is 17.0 Å². The second-order valence-corrected chi connectivity index (χ2v) is 11.4. The van der Waals surface area contributed by atoms with Gasteiger partial charge in [0.2, 0.25) is 17.7 Å². The topological polar surface area (TPSA) is 151 Å². The van der Waals surface area contributed by atoms with Crippen LogP contribution in [0.5, 0.6) is 5.75 Å². The molecule has 0 aliphatic rings. The van der Waals surface area contributed by atoms with E-state index in [0.717, 1.165) is 6.42 Å². The molecule has 10 nitrogen and oxygen atoms in total. The van der Waals surface area contributed by atoms with Gasteiger partial charge < -0.3 is 31.1 Å². The van der Waals surface area contributed by atoms with Crippen molar-refractivity contribution in [1.29, 1.82) is 0 Å². The van der Waals surface area contributed by atoms with Crippen molar-refractivity contribution in [3.8, 4) is 5.75 Å². The van der Waals surface area contributed by atoms with E-state index in [0.29, 0.717) is 17.9 Å². The fourth-order valence-corrected chi connectivity index (χ4v) is 3.94. The molecule has 5 N–H and O–H groups in total. The summed E-state index contributed by atoms with van der Waals surface area (Å²) < 4.78 is 5.36. The lowest BCUT2D eigenvalue weighted by atomic mass is 9.96. The average molecular weight is 535 g/mol. The molecule has 0 aromatic heterocycles. The summed E-state index contributed by atoms with van der Waals surface area (Å²) >= 11 is 0. The van der Waals surface area contributed by atoms with Gasteiger partial charge in [-0.25, -0.2) is 4.79 Å². The summed E-state index contributed by atoms with van der Waals surface area (Å²) in [6.07, 6.45) is 0.368. The average Bonchev–Trinajstić information content (AvgIpc) is 2.77. The van der Waals surface area contributed by atoms with E-state index in [2.05, 4.69) is 24.5 Å². The van der Waals surface area contributed by atoms with Gasteiger partial charge in [0.1, 0.15) is 23.4 Å². The van der Waals surface area contributed by atoms with E-state index in [-0.39, 0.29) is 24.6 Å². The van der Waals surface area contributed by atoms with Gasteiger partial charge in [-0.15, -0.1) is 0 Å². The molecule has 3 unspecified atom stereocenters. The van der Waals surface area contributed by atoms with Crippen molar-refractivity contribution in [2.45, 2.75) is 111 Å². The van der Waals surface area contributed by atoms with Gasteiger partial charge in [0.05, 0.1) is 0 Å². The minimum atomic E-state index is -1.16. The first-order valence-corrected chi connectivity index (χ1v) is 13.2. The molecule has 0 heterocycles. The number of alkyl carbamates (subject to hydrolysis) is 1. The molecule has 38 heavy (non-hydrogen) atoms. The van der Waals surface area contributed by atoms with Gasteiger partial charge in [0.15, 0.2) is 0 Å². The lowest BCUT2D eigenvalue weighted by Crippen LogP contribution is -2.56. The number of primary amides is 1. The standard InChI is InChI=1S/C28H46N4O6/c1-17(2)9-10-19(5)32(24(25(35)30-18(3)4)20-11-13-21(33)14-12-20)26(36)22(15-16-23(29)34)31-27(37)38-28(6,7)8/h11-14,17-19,22,24,33H,9-10,15-16H2,1-8H3,(H2,29,34)(H,30,35)(H,31,37). The highest BCUT2D eigenvalue weighted by Crippen LogP contribution is 2.29. The summed E-state index contributed by atoms with van der Waals surface area (Å²) in [6.45, 7) is 14.7. The molecule has 0 saturated carbocycles. The lowest BCUT2D eigenvalue weighted by Gasteiger charge is -2.39. The monoisotopic (exact) mass is 534 g/mol. The molecule has 214 valence electrons. The molecule has 3 atom stereocenters. The molecule has 0 aliphatic heterocycles. The van der Waals surface area contributed by atoms with Crippen LogP contribution in [0.25, 0.3) is 0 Å². The fourth-order valence-electron chi connectivity index (χ4n) is 3.94. The second-order valence-electron chi connectivity index (χ2n) is 11.4. The Bertz CT molecular complexity index is 940. The second kappa shape index (κ2) is 14.6. The minimum Gasteiger partial charge on any atom is -0.508 e. The van der Waals surface area contributed by atoms with Crippen molar-refractivity contribution < 1.29 is 29.0 Å². The number of nitrogens with two attached hydrogens (primary N) is 1. The molecule has 1 aromatic carbocycles. The molecular weight excluding hydrogens is 488 g/mol. The van der Waals surface area contributed by atoms with E-state index < -0.39 is 47.5 Å². The molecule has 0 spiro atoms. The van der Waals surface area contributed by atoms with Crippen LogP contribution in [-0.2, 0) is 19.1 Å². The maximum absolute atomic E-state index is 14.2. The fraction of sp³-hybridized carbons (Fsp3) is 0.643. The summed E-state index contributed by atoms with van der Waals surface area (Å²) in [7, 11) is 0. The number of aromatic hydroxyl groups is 1. The first-order chi connectivity index (χ1) is 17.5. The van der Waals surface area contributed by atoms with Crippen LogP contribution < -0.4 is 16.4 Å². The van der Waals surface area contributed by atoms with Crippen LogP contribution in [0.4, 0.5) is 4.79 Å². The van der Waals surface area contributed by atoms with Crippen LogP contribution in [0.2, 0.25) is 0 Å². The van der Waals surface area contributed by atoms with E-state index in [1.807, 2.05) is 20.8 Å². The van der Waals surface area contributed by atoms with Gasteiger partial charge in [-0.3, -0.25) is 14.4 Å². The van der Waals surface area contributed by atoms with Gasteiger partial charge in [-0.1, -0.05) is 26.0 Å². The quantitative estimate of drug-likeness (QED) is 0.302. The van der Waals surface area contributed by atoms with Crippen LogP contribution in [0.3, 0.4) is 0 Å². The van der Waals surface area contributed by atoms with E-state index in [1.54, 1.807) is 32.9 Å². The van der Waals surface area contributed by atoms with Gasteiger partial charge in [0, 0.05) is 18.5 Å². The van der Waals surface area contributed by atoms with Gasteiger partial charge in [0.25, 0.3) is 0 Å². The number of rotatable bonds is 13. The maximum atomic E-state index is 14.2. The van der Waals surface area contributed by atoms with Gasteiger partial charge >= 0.3 is 6.09 Å². The molecule has 0 fully saturated rings. The Morgan fingerprint density at radius 2 is 1.53 bits per heavy atom. The molecule has 1 rings (SSSR count). The normalized spacial score (nSPS) is 13.9. The van der Waals surface area contributed by atoms with Crippen molar-refractivity contribution in [2.75, 3.05) is 0 Å². The SMILES string of the molecule is CC(C)CCC(C)N(C(=O)C(CCC(N)=O)NC(=O)OC(C)(C)C)C(C(=O)NC(C)C)c1ccc(O)cc1. The number of hydrogen-bond donors (Lipinski definition) is 4. The number of phenolic OH excluding ortho intramolecular Hbond substituents is 1. The smallest absolute Gasteiger partial charge is 0.408 e. The summed E-state index contributed by atoms with van der Waals surface area (Å²) in [5, 5.41) is 15.3. The van der Waals surface area contributed by atoms with Gasteiger partial charge in [-0.2, -0.15) is 0 Å². The van der Waals surface area contributed by atoms with Crippen LogP contribution >= 0.6 is 0 Å². The predicted molar refractivity (Wildman–Crippen MR) is 146 cm³/mol. The Labute approximate surface area is 226 Å². The summed E-state index contributed by atoms with van der Waals surface area (Å²) in [6, 6.07) is 3.28. The zero-order chi connectivity index (χ0) is 29.2. The molecule has 0 bridgehead atoms. The summed E-state index contributed by atoms with van der Waals surface area (Å²) in [5.41, 5.74) is 5.05. The largest absolute Gasteiger partial charge is 0.508 e. The number of hydrogen-bond acceptors (Lipinski definition) is 6. The number of carbonyl (C=O) groups excluding carboxylic acids is 4. The number of nitrogens with one attached hydrogen (secondary N) is 2. The Hall–Kier alpha value is -3.30. The lowest BCUT2D eigenvalue weighted by molar-refractivity contribution is -0.145. The molecule has 0 aliphatic carbocycles. The van der Waals surface area contributed by atoms with Crippen LogP contribution in [-0.4, -0.2) is 57.5 Å². The Balaban J connectivity index is 3.60.